The van der Waals surface area contributed by atoms with Crippen LogP contribution in [-0.4, -0.2) is 80.9 Å². The summed E-state index contributed by atoms with van der Waals surface area (Å²) in [7, 11) is -3.23. The van der Waals surface area contributed by atoms with Crippen LogP contribution in [0.1, 0.15) is 19.8 Å². The lowest BCUT2D eigenvalue weighted by Gasteiger charge is -2.35. The molecule has 0 radical (unpaired) electrons. The highest BCUT2D eigenvalue weighted by atomic mass is 32.2. The van der Waals surface area contributed by atoms with Gasteiger partial charge in [0.25, 0.3) is 0 Å². The molecule has 118 valence electrons. The molecule has 0 saturated carbocycles. The minimum absolute atomic E-state index is 0.0307. The van der Waals surface area contributed by atoms with Gasteiger partial charge in [-0.05, 0) is 6.42 Å². The van der Waals surface area contributed by atoms with Crippen LogP contribution in [0.25, 0.3) is 0 Å². The van der Waals surface area contributed by atoms with Crippen molar-refractivity contribution in [1.29, 1.82) is 0 Å². The molecule has 1 aliphatic heterocycles. The predicted octanol–water partition coefficient (Wildman–Crippen LogP) is -1.16. The van der Waals surface area contributed by atoms with Crippen molar-refractivity contribution in [2.75, 3.05) is 45.5 Å². The van der Waals surface area contributed by atoms with E-state index in [9.17, 15) is 18.3 Å². The Bertz CT molecular complexity index is 405. The molecular weight excluding hydrogens is 282 g/mol. The fourth-order valence-electron chi connectivity index (χ4n) is 2.11. The van der Waals surface area contributed by atoms with E-state index in [1.165, 1.54) is 0 Å². The first-order chi connectivity index (χ1) is 9.31. The summed E-state index contributed by atoms with van der Waals surface area (Å²) in [5, 5.41) is 9.59. The summed E-state index contributed by atoms with van der Waals surface area (Å²) in [4.78, 5) is 15.8. The molecule has 2 N–H and O–H groups in total. The van der Waals surface area contributed by atoms with Crippen LogP contribution in [-0.2, 0) is 14.8 Å². The van der Waals surface area contributed by atoms with Gasteiger partial charge in [0, 0.05) is 45.7 Å². The molecule has 0 aromatic heterocycles. The van der Waals surface area contributed by atoms with Crippen molar-refractivity contribution in [3.05, 3.63) is 0 Å². The molecule has 1 atom stereocenters. The Hall–Kier alpha value is -0.700. The maximum absolute atomic E-state index is 11.9. The van der Waals surface area contributed by atoms with Gasteiger partial charge >= 0.3 is 0 Å². The summed E-state index contributed by atoms with van der Waals surface area (Å²) < 4.78 is 24.1. The maximum atomic E-state index is 11.9. The standard InChI is InChI=1S/C12H25N3O4S/c1-3-11(16)10-14-6-8-15(9-7-14)12(17)4-5-13-20(2,18)19/h11,13,16H,3-10H2,1-2H3/t11-/m1/s1. The molecule has 1 aliphatic rings. The Balaban J connectivity index is 2.25. The Morgan fingerprint density at radius 3 is 2.40 bits per heavy atom. The third-order valence-electron chi connectivity index (χ3n) is 3.37. The van der Waals surface area contributed by atoms with Gasteiger partial charge in [0.05, 0.1) is 12.4 Å². The molecule has 20 heavy (non-hydrogen) atoms. The fraction of sp³-hybridized carbons (Fsp3) is 0.917. The summed E-state index contributed by atoms with van der Waals surface area (Å²) in [6.07, 6.45) is 1.69. The number of rotatable bonds is 7. The van der Waals surface area contributed by atoms with Crippen LogP contribution in [0, 0.1) is 0 Å². The van der Waals surface area contributed by atoms with E-state index in [0.717, 1.165) is 25.8 Å². The summed E-state index contributed by atoms with van der Waals surface area (Å²) in [5.74, 6) is -0.0307. The largest absolute Gasteiger partial charge is 0.392 e. The van der Waals surface area contributed by atoms with Gasteiger partial charge < -0.3 is 10.0 Å². The van der Waals surface area contributed by atoms with Gasteiger partial charge in [-0.3, -0.25) is 9.69 Å². The van der Waals surface area contributed by atoms with Gasteiger partial charge in [-0.25, -0.2) is 13.1 Å². The van der Waals surface area contributed by atoms with Gasteiger partial charge in [0.15, 0.2) is 0 Å². The Morgan fingerprint density at radius 1 is 1.30 bits per heavy atom. The zero-order valence-electron chi connectivity index (χ0n) is 12.2. The van der Waals surface area contributed by atoms with Crippen LogP contribution in [0.2, 0.25) is 0 Å². The number of piperazine rings is 1. The first kappa shape index (κ1) is 17.4. The lowest BCUT2D eigenvalue weighted by Crippen LogP contribution is -2.50. The number of nitrogens with one attached hydrogen (secondary N) is 1. The molecule has 0 aromatic rings. The molecule has 0 aromatic carbocycles. The van der Waals surface area contributed by atoms with E-state index in [0.29, 0.717) is 19.6 Å². The van der Waals surface area contributed by atoms with Crippen molar-refractivity contribution < 1.29 is 18.3 Å². The van der Waals surface area contributed by atoms with E-state index in [4.69, 9.17) is 0 Å². The van der Waals surface area contributed by atoms with Gasteiger partial charge in [-0.2, -0.15) is 0 Å². The molecule has 1 amide bonds. The second-order valence-corrected chi connectivity index (χ2v) is 6.99. The van der Waals surface area contributed by atoms with E-state index >= 15 is 0 Å². The van der Waals surface area contributed by atoms with Crippen molar-refractivity contribution in [3.63, 3.8) is 0 Å². The van der Waals surface area contributed by atoms with Gasteiger partial charge in [-0.15, -0.1) is 0 Å². The zero-order chi connectivity index (χ0) is 15.2. The number of aliphatic hydroxyl groups excluding tert-OH is 1. The smallest absolute Gasteiger partial charge is 0.223 e. The minimum atomic E-state index is -3.23. The number of nitrogens with zero attached hydrogens (tertiary/aromatic N) is 2. The summed E-state index contributed by atoms with van der Waals surface area (Å²) >= 11 is 0. The third-order valence-corrected chi connectivity index (χ3v) is 4.10. The number of β-amino-alcohol motifs (C(OH)–C–C–N with tert-alkyl or cyclic N) is 1. The Morgan fingerprint density at radius 2 is 1.90 bits per heavy atom. The molecule has 8 heteroatoms. The Labute approximate surface area is 121 Å². The third kappa shape index (κ3) is 6.65. The van der Waals surface area contributed by atoms with Gasteiger partial charge in [0.1, 0.15) is 0 Å². The van der Waals surface area contributed by atoms with E-state index in [1.807, 2.05) is 6.92 Å². The average Bonchev–Trinajstić information content (AvgIpc) is 2.37. The lowest BCUT2D eigenvalue weighted by molar-refractivity contribution is -0.132. The number of hydrogen-bond acceptors (Lipinski definition) is 5. The highest BCUT2D eigenvalue weighted by Crippen LogP contribution is 2.05. The van der Waals surface area contributed by atoms with E-state index in [2.05, 4.69) is 9.62 Å². The summed E-state index contributed by atoms with van der Waals surface area (Å²) in [5.41, 5.74) is 0. The van der Waals surface area contributed by atoms with Crippen molar-refractivity contribution in [2.45, 2.75) is 25.9 Å². The highest BCUT2D eigenvalue weighted by molar-refractivity contribution is 7.88. The van der Waals surface area contributed by atoms with Crippen LogP contribution in [0.3, 0.4) is 0 Å². The molecule has 1 rings (SSSR count). The molecular formula is C12H25N3O4S. The number of hydrogen-bond donors (Lipinski definition) is 2. The number of carbonyl (C=O) groups excluding carboxylic acids is 1. The van der Waals surface area contributed by atoms with Crippen LogP contribution >= 0.6 is 0 Å². The summed E-state index contributed by atoms with van der Waals surface area (Å²) in [6.45, 7) is 5.51. The monoisotopic (exact) mass is 307 g/mol. The van der Waals surface area contributed by atoms with E-state index in [-0.39, 0.29) is 25.0 Å². The first-order valence-corrected chi connectivity index (χ1v) is 8.83. The SMILES string of the molecule is CC[C@@H](O)CN1CCN(C(=O)CCNS(C)(=O)=O)CC1. The molecule has 1 heterocycles. The second-order valence-electron chi connectivity index (χ2n) is 5.16. The normalized spacial score (nSPS) is 19.1. The van der Waals surface area contributed by atoms with Crippen molar-refractivity contribution >= 4 is 15.9 Å². The molecule has 0 unspecified atom stereocenters. The lowest BCUT2D eigenvalue weighted by atomic mass is 10.2. The van der Waals surface area contributed by atoms with Gasteiger partial charge in [-0.1, -0.05) is 6.92 Å². The number of aliphatic hydroxyl groups is 1. The molecule has 7 nitrogen and oxygen atoms in total. The molecule has 0 aliphatic carbocycles. The van der Waals surface area contributed by atoms with Crippen LogP contribution < -0.4 is 4.72 Å². The van der Waals surface area contributed by atoms with Crippen LogP contribution in [0.4, 0.5) is 0 Å². The molecule has 1 saturated heterocycles. The first-order valence-electron chi connectivity index (χ1n) is 6.94. The van der Waals surface area contributed by atoms with Crippen LogP contribution in [0.5, 0.6) is 0 Å². The molecule has 0 bridgehead atoms. The maximum Gasteiger partial charge on any atom is 0.223 e. The number of carbonyl (C=O) groups is 1. The highest BCUT2D eigenvalue weighted by Gasteiger charge is 2.21. The second kappa shape index (κ2) is 7.92. The topological polar surface area (TPSA) is 89.9 Å². The number of amides is 1. The predicted molar refractivity (Wildman–Crippen MR) is 76.8 cm³/mol. The molecule has 1 fully saturated rings. The van der Waals surface area contributed by atoms with Crippen molar-refractivity contribution in [2.24, 2.45) is 0 Å². The quantitative estimate of drug-likeness (QED) is 0.619. The fourth-order valence-corrected chi connectivity index (χ4v) is 2.58. The van der Waals surface area contributed by atoms with Crippen molar-refractivity contribution in [3.8, 4) is 0 Å². The Kier molecular flexibility index (Phi) is 6.87. The number of sulfonamides is 1. The average molecular weight is 307 g/mol. The molecule has 0 spiro atoms. The minimum Gasteiger partial charge on any atom is -0.392 e. The van der Waals surface area contributed by atoms with Gasteiger partial charge in [0.2, 0.25) is 15.9 Å². The van der Waals surface area contributed by atoms with E-state index < -0.39 is 10.0 Å². The van der Waals surface area contributed by atoms with E-state index in [1.54, 1.807) is 4.90 Å². The zero-order valence-corrected chi connectivity index (χ0v) is 13.0. The van der Waals surface area contributed by atoms with Crippen LogP contribution in [0.15, 0.2) is 0 Å². The van der Waals surface area contributed by atoms with Crippen molar-refractivity contribution in [1.82, 2.24) is 14.5 Å². The summed E-state index contributed by atoms with van der Waals surface area (Å²) in [6, 6.07) is 0.